The standard InChI is InChI=1S/C17H21NO2/c1-13-7-5-8-14(2)17(13)20-12-6-11-19-16-10-4-3-9-15(16)18/h3-5,7-10H,6,11-12,18H2,1-2H3. The van der Waals surface area contributed by atoms with Gasteiger partial charge in [-0.2, -0.15) is 0 Å². The molecule has 20 heavy (non-hydrogen) atoms. The van der Waals surface area contributed by atoms with E-state index < -0.39 is 0 Å². The molecule has 0 heterocycles. The van der Waals surface area contributed by atoms with Crippen LogP contribution in [0, 0.1) is 13.8 Å². The van der Waals surface area contributed by atoms with E-state index in [1.54, 1.807) is 0 Å². The topological polar surface area (TPSA) is 44.5 Å². The molecule has 0 radical (unpaired) electrons. The molecule has 2 N–H and O–H groups in total. The zero-order chi connectivity index (χ0) is 14.4. The van der Waals surface area contributed by atoms with Gasteiger partial charge in [-0.3, -0.25) is 0 Å². The molecule has 3 nitrogen and oxygen atoms in total. The molecule has 2 rings (SSSR count). The van der Waals surface area contributed by atoms with Crippen LogP contribution in [0.15, 0.2) is 42.5 Å². The molecular weight excluding hydrogens is 250 g/mol. The summed E-state index contributed by atoms with van der Waals surface area (Å²) in [6, 6.07) is 13.7. The predicted octanol–water partition coefficient (Wildman–Crippen LogP) is 3.73. The van der Waals surface area contributed by atoms with E-state index in [9.17, 15) is 0 Å². The van der Waals surface area contributed by atoms with Crippen LogP contribution in [0.5, 0.6) is 11.5 Å². The van der Waals surface area contributed by atoms with E-state index in [-0.39, 0.29) is 0 Å². The lowest BCUT2D eigenvalue weighted by Gasteiger charge is -2.12. The van der Waals surface area contributed by atoms with Crippen LogP contribution in [0.2, 0.25) is 0 Å². The highest BCUT2D eigenvalue weighted by atomic mass is 16.5. The van der Waals surface area contributed by atoms with Crippen molar-refractivity contribution < 1.29 is 9.47 Å². The fraction of sp³-hybridized carbons (Fsp3) is 0.294. The Morgan fingerprint density at radius 1 is 0.850 bits per heavy atom. The van der Waals surface area contributed by atoms with E-state index in [1.807, 2.05) is 30.3 Å². The van der Waals surface area contributed by atoms with Crippen molar-refractivity contribution in [1.29, 1.82) is 0 Å². The van der Waals surface area contributed by atoms with Crippen LogP contribution in [-0.4, -0.2) is 13.2 Å². The van der Waals surface area contributed by atoms with Crippen molar-refractivity contribution in [2.45, 2.75) is 20.3 Å². The summed E-state index contributed by atoms with van der Waals surface area (Å²) in [5.41, 5.74) is 8.81. The number of benzene rings is 2. The number of hydrogen-bond donors (Lipinski definition) is 1. The van der Waals surface area contributed by atoms with Gasteiger partial charge >= 0.3 is 0 Å². The summed E-state index contributed by atoms with van der Waals surface area (Å²) in [4.78, 5) is 0. The molecule has 0 saturated carbocycles. The van der Waals surface area contributed by atoms with Gasteiger partial charge in [0.2, 0.25) is 0 Å². The summed E-state index contributed by atoms with van der Waals surface area (Å²) in [6.45, 7) is 5.35. The molecule has 0 atom stereocenters. The molecule has 2 aromatic carbocycles. The first-order valence-corrected chi connectivity index (χ1v) is 6.85. The van der Waals surface area contributed by atoms with Crippen LogP contribution in [0.3, 0.4) is 0 Å². The number of nitrogens with two attached hydrogens (primary N) is 1. The van der Waals surface area contributed by atoms with Crippen LogP contribution >= 0.6 is 0 Å². The summed E-state index contributed by atoms with van der Waals surface area (Å²) >= 11 is 0. The zero-order valence-electron chi connectivity index (χ0n) is 12.1. The van der Waals surface area contributed by atoms with Crippen LogP contribution < -0.4 is 15.2 Å². The Bertz CT molecular complexity index is 546. The summed E-state index contributed by atoms with van der Waals surface area (Å²) < 4.78 is 11.5. The van der Waals surface area contributed by atoms with Gasteiger partial charge in [-0.1, -0.05) is 30.3 Å². The van der Waals surface area contributed by atoms with Crippen LogP contribution in [0.4, 0.5) is 5.69 Å². The normalized spacial score (nSPS) is 10.3. The quantitative estimate of drug-likeness (QED) is 0.643. The molecular formula is C17H21NO2. The van der Waals surface area contributed by atoms with Crippen molar-refractivity contribution in [1.82, 2.24) is 0 Å². The number of aryl methyl sites for hydroxylation is 2. The average Bonchev–Trinajstić information content (AvgIpc) is 2.43. The first kappa shape index (κ1) is 14.3. The number of para-hydroxylation sites is 3. The first-order chi connectivity index (χ1) is 9.68. The van der Waals surface area contributed by atoms with Gasteiger partial charge in [-0.25, -0.2) is 0 Å². The SMILES string of the molecule is Cc1cccc(C)c1OCCCOc1ccccc1N. The monoisotopic (exact) mass is 271 g/mol. The molecule has 0 aromatic heterocycles. The number of nitrogen functional groups attached to an aromatic ring is 1. The van der Waals surface area contributed by atoms with Gasteiger partial charge in [0.15, 0.2) is 0 Å². The summed E-state index contributed by atoms with van der Waals surface area (Å²) in [6.07, 6.45) is 0.822. The van der Waals surface area contributed by atoms with Crippen LogP contribution in [-0.2, 0) is 0 Å². The number of rotatable bonds is 6. The average molecular weight is 271 g/mol. The van der Waals surface area contributed by atoms with Crippen molar-refractivity contribution in [3.05, 3.63) is 53.6 Å². The molecule has 0 fully saturated rings. The third kappa shape index (κ3) is 3.67. The Morgan fingerprint density at radius 3 is 2.20 bits per heavy atom. The van der Waals surface area contributed by atoms with Gasteiger partial charge in [-0.05, 0) is 37.1 Å². The third-order valence-corrected chi connectivity index (χ3v) is 3.12. The summed E-state index contributed by atoms with van der Waals surface area (Å²) in [5, 5.41) is 0. The highest BCUT2D eigenvalue weighted by molar-refractivity contribution is 5.51. The lowest BCUT2D eigenvalue weighted by Crippen LogP contribution is -2.07. The predicted molar refractivity (Wildman–Crippen MR) is 82.4 cm³/mol. The maximum absolute atomic E-state index is 5.82. The van der Waals surface area contributed by atoms with Crippen LogP contribution in [0.25, 0.3) is 0 Å². The second kappa shape index (κ2) is 6.85. The number of hydrogen-bond acceptors (Lipinski definition) is 3. The second-order valence-electron chi connectivity index (χ2n) is 4.81. The fourth-order valence-corrected chi connectivity index (χ4v) is 2.05. The Hall–Kier alpha value is -2.16. The maximum atomic E-state index is 5.82. The molecule has 0 amide bonds. The molecule has 0 unspecified atom stereocenters. The van der Waals surface area contributed by atoms with Gasteiger partial charge in [0.05, 0.1) is 18.9 Å². The van der Waals surface area contributed by atoms with E-state index >= 15 is 0 Å². The van der Waals surface area contributed by atoms with Crippen molar-refractivity contribution in [2.75, 3.05) is 18.9 Å². The van der Waals surface area contributed by atoms with Crippen molar-refractivity contribution in [3.63, 3.8) is 0 Å². The molecule has 0 aliphatic heterocycles. The van der Waals surface area contributed by atoms with Crippen molar-refractivity contribution >= 4 is 5.69 Å². The highest BCUT2D eigenvalue weighted by Crippen LogP contribution is 2.23. The first-order valence-electron chi connectivity index (χ1n) is 6.85. The van der Waals surface area contributed by atoms with E-state index in [4.69, 9.17) is 15.2 Å². The molecule has 2 aromatic rings. The van der Waals surface area contributed by atoms with Crippen molar-refractivity contribution in [2.24, 2.45) is 0 Å². The number of anilines is 1. The van der Waals surface area contributed by atoms with Gasteiger partial charge < -0.3 is 15.2 Å². The minimum Gasteiger partial charge on any atom is -0.493 e. The Balaban J connectivity index is 1.76. The molecule has 0 aliphatic rings. The van der Waals surface area contributed by atoms with Gasteiger partial charge in [-0.15, -0.1) is 0 Å². The molecule has 3 heteroatoms. The summed E-state index contributed by atoms with van der Waals surface area (Å²) in [5.74, 6) is 1.71. The fourth-order valence-electron chi connectivity index (χ4n) is 2.05. The van der Waals surface area contributed by atoms with E-state index in [2.05, 4.69) is 26.0 Å². The number of ether oxygens (including phenoxy) is 2. The largest absolute Gasteiger partial charge is 0.493 e. The second-order valence-corrected chi connectivity index (χ2v) is 4.81. The Morgan fingerprint density at radius 2 is 1.50 bits per heavy atom. The smallest absolute Gasteiger partial charge is 0.142 e. The van der Waals surface area contributed by atoms with Gasteiger partial charge in [0.1, 0.15) is 11.5 Å². The highest BCUT2D eigenvalue weighted by Gasteiger charge is 2.03. The minimum atomic E-state index is 0.596. The molecule has 106 valence electrons. The van der Waals surface area contributed by atoms with Gasteiger partial charge in [0, 0.05) is 6.42 Å². The summed E-state index contributed by atoms with van der Waals surface area (Å²) in [7, 11) is 0. The lowest BCUT2D eigenvalue weighted by molar-refractivity contribution is 0.246. The molecule has 0 saturated heterocycles. The van der Waals surface area contributed by atoms with E-state index in [1.165, 1.54) is 11.1 Å². The van der Waals surface area contributed by atoms with Gasteiger partial charge in [0.25, 0.3) is 0 Å². The van der Waals surface area contributed by atoms with Crippen molar-refractivity contribution in [3.8, 4) is 11.5 Å². The van der Waals surface area contributed by atoms with Crippen LogP contribution in [0.1, 0.15) is 17.5 Å². The lowest BCUT2D eigenvalue weighted by atomic mass is 10.1. The van der Waals surface area contributed by atoms with E-state index in [0.717, 1.165) is 17.9 Å². The molecule has 0 aliphatic carbocycles. The third-order valence-electron chi connectivity index (χ3n) is 3.12. The Labute approximate surface area is 120 Å². The van der Waals surface area contributed by atoms with E-state index in [0.29, 0.717) is 18.9 Å². The molecule has 0 bridgehead atoms. The maximum Gasteiger partial charge on any atom is 0.142 e. The zero-order valence-corrected chi connectivity index (χ0v) is 12.1. The Kier molecular flexibility index (Phi) is 4.88. The molecule has 0 spiro atoms. The minimum absolute atomic E-state index is 0.596.